The molecule has 7 heteroatoms. The molecule has 7 nitrogen and oxygen atoms in total. The minimum Gasteiger partial charge on any atom is -0.343 e. The van der Waals surface area contributed by atoms with Crippen LogP contribution in [-0.2, 0) is 9.59 Å². The zero-order valence-electron chi connectivity index (χ0n) is 13.8. The van der Waals surface area contributed by atoms with Gasteiger partial charge in [-0.25, -0.2) is 4.79 Å². The molecule has 0 aromatic carbocycles. The van der Waals surface area contributed by atoms with Gasteiger partial charge in [0, 0.05) is 13.6 Å². The van der Waals surface area contributed by atoms with Gasteiger partial charge in [0.05, 0.1) is 12.5 Å². The number of carbonyl (C=O) groups excluding carboxylic acids is 3. The average molecular weight is 320 g/mol. The van der Waals surface area contributed by atoms with Gasteiger partial charge < -0.3 is 10.2 Å². The van der Waals surface area contributed by atoms with E-state index in [1.807, 2.05) is 6.07 Å². The van der Waals surface area contributed by atoms with Crippen LogP contribution in [0.25, 0.3) is 0 Å². The molecule has 0 radical (unpaired) electrons. The molecule has 0 aromatic heterocycles. The quantitative estimate of drug-likeness (QED) is 0.771. The number of carbonyl (C=O) groups is 3. The summed E-state index contributed by atoms with van der Waals surface area (Å²) in [6.07, 6.45) is 4.45. The molecule has 126 valence electrons. The maximum atomic E-state index is 12.7. The van der Waals surface area contributed by atoms with Crippen LogP contribution >= 0.6 is 0 Å². The minimum atomic E-state index is -0.811. The van der Waals surface area contributed by atoms with Crippen LogP contribution in [0.1, 0.15) is 45.4 Å². The first-order valence-electron chi connectivity index (χ1n) is 8.18. The van der Waals surface area contributed by atoms with E-state index >= 15 is 0 Å². The average Bonchev–Trinajstić information content (AvgIpc) is 2.77. The van der Waals surface area contributed by atoms with E-state index in [9.17, 15) is 14.4 Å². The number of nitrogens with one attached hydrogen (secondary N) is 1. The molecular formula is C16H24N4O3. The lowest BCUT2D eigenvalue weighted by Crippen LogP contribution is -2.50. The van der Waals surface area contributed by atoms with Gasteiger partial charge in [0.25, 0.3) is 5.91 Å². The predicted molar refractivity (Wildman–Crippen MR) is 83.1 cm³/mol. The molecule has 23 heavy (non-hydrogen) atoms. The fraction of sp³-hybridized carbons (Fsp3) is 0.750. The third-order valence-electron chi connectivity index (χ3n) is 5.06. The van der Waals surface area contributed by atoms with Crippen molar-refractivity contribution in [3.8, 4) is 6.07 Å². The number of imide groups is 1. The molecule has 4 amide bonds. The van der Waals surface area contributed by atoms with Crippen LogP contribution in [0.2, 0.25) is 0 Å². The molecule has 1 aliphatic heterocycles. The molecule has 1 saturated carbocycles. The Hall–Kier alpha value is -2.10. The SMILES string of the molecule is CCC1CCC2(CC1)NC(=O)N(CC(=O)N(C)CCC#N)C2=O. The molecule has 2 fully saturated rings. The van der Waals surface area contributed by atoms with Crippen LogP contribution in [0.15, 0.2) is 0 Å². The van der Waals surface area contributed by atoms with Crippen LogP contribution in [-0.4, -0.2) is 53.3 Å². The molecule has 1 heterocycles. The van der Waals surface area contributed by atoms with Crippen molar-refractivity contribution >= 4 is 17.8 Å². The van der Waals surface area contributed by atoms with Crippen molar-refractivity contribution in [3.63, 3.8) is 0 Å². The summed E-state index contributed by atoms with van der Waals surface area (Å²) in [5.74, 6) is 0.000236. The first-order valence-corrected chi connectivity index (χ1v) is 8.18. The second-order valence-electron chi connectivity index (χ2n) is 6.48. The molecule has 0 atom stereocenters. The van der Waals surface area contributed by atoms with Gasteiger partial charge in [0.15, 0.2) is 0 Å². The maximum Gasteiger partial charge on any atom is 0.325 e. The predicted octanol–water partition coefficient (Wildman–Crippen LogP) is 1.25. The van der Waals surface area contributed by atoms with E-state index in [0.717, 1.165) is 24.2 Å². The highest BCUT2D eigenvalue weighted by molar-refractivity contribution is 6.09. The van der Waals surface area contributed by atoms with Gasteiger partial charge in [-0.1, -0.05) is 13.3 Å². The molecule has 0 bridgehead atoms. The van der Waals surface area contributed by atoms with Crippen molar-refractivity contribution in [1.82, 2.24) is 15.1 Å². The molecule has 1 spiro atoms. The zero-order chi connectivity index (χ0) is 17.0. The van der Waals surface area contributed by atoms with Gasteiger partial charge in [-0.15, -0.1) is 0 Å². The van der Waals surface area contributed by atoms with Crippen molar-refractivity contribution in [1.29, 1.82) is 5.26 Å². The Labute approximate surface area is 136 Å². The van der Waals surface area contributed by atoms with Crippen LogP contribution in [0.5, 0.6) is 0 Å². The topological polar surface area (TPSA) is 93.5 Å². The Morgan fingerprint density at radius 1 is 1.43 bits per heavy atom. The summed E-state index contributed by atoms with van der Waals surface area (Å²) in [4.78, 5) is 39.3. The van der Waals surface area contributed by atoms with E-state index in [4.69, 9.17) is 5.26 Å². The highest BCUT2D eigenvalue weighted by Gasteiger charge is 2.52. The van der Waals surface area contributed by atoms with E-state index in [0.29, 0.717) is 25.3 Å². The van der Waals surface area contributed by atoms with Gasteiger partial charge >= 0.3 is 6.03 Å². The minimum absolute atomic E-state index is 0.227. The number of likely N-dealkylation sites (N-methyl/N-ethyl adjacent to an activating group) is 1. The number of urea groups is 1. The van der Waals surface area contributed by atoms with Gasteiger partial charge in [-0.2, -0.15) is 5.26 Å². The van der Waals surface area contributed by atoms with Crippen LogP contribution in [0.4, 0.5) is 4.79 Å². The standard InChI is InChI=1S/C16H24N4O3/c1-3-12-5-7-16(8-6-12)14(22)20(15(23)18-16)11-13(21)19(2)10-4-9-17/h12H,3-8,10-11H2,1-2H3,(H,18,23). The van der Waals surface area contributed by atoms with Gasteiger partial charge in [-0.3, -0.25) is 14.5 Å². The summed E-state index contributed by atoms with van der Waals surface area (Å²) >= 11 is 0. The number of nitriles is 1. The summed E-state index contributed by atoms with van der Waals surface area (Å²) in [5.41, 5.74) is -0.811. The van der Waals surface area contributed by atoms with E-state index in [-0.39, 0.29) is 24.8 Å². The molecule has 1 N–H and O–H groups in total. The van der Waals surface area contributed by atoms with Crippen molar-refractivity contribution in [2.24, 2.45) is 5.92 Å². The zero-order valence-corrected chi connectivity index (χ0v) is 13.8. The van der Waals surface area contributed by atoms with Gasteiger partial charge in [0.2, 0.25) is 5.91 Å². The number of nitrogens with zero attached hydrogens (tertiary/aromatic N) is 3. The number of amides is 4. The summed E-state index contributed by atoms with van der Waals surface area (Å²) < 4.78 is 0. The lowest BCUT2D eigenvalue weighted by atomic mass is 9.75. The largest absolute Gasteiger partial charge is 0.343 e. The number of rotatable bonds is 5. The molecule has 0 unspecified atom stereocenters. The van der Waals surface area contributed by atoms with Crippen LogP contribution < -0.4 is 5.32 Å². The molecule has 0 aromatic rings. The van der Waals surface area contributed by atoms with Gasteiger partial charge in [-0.05, 0) is 31.6 Å². The summed E-state index contributed by atoms with van der Waals surface area (Å²) in [6, 6.07) is 1.49. The monoisotopic (exact) mass is 320 g/mol. The fourth-order valence-electron chi connectivity index (χ4n) is 3.34. The Bertz CT molecular complexity index is 532. The Morgan fingerprint density at radius 2 is 2.09 bits per heavy atom. The van der Waals surface area contributed by atoms with Crippen molar-refractivity contribution in [2.45, 2.75) is 51.0 Å². The molecule has 1 aliphatic carbocycles. The Morgan fingerprint density at radius 3 is 2.65 bits per heavy atom. The van der Waals surface area contributed by atoms with Crippen LogP contribution in [0, 0.1) is 17.2 Å². The highest BCUT2D eigenvalue weighted by atomic mass is 16.2. The first kappa shape index (κ1) is 17.3. The van der Waals surface area contributed by atoms with Crippen LogP contribution in [0.3, 0.4) is 0 Å². The van der Waals surface area contributed by atoms with E-state index in [1.165, 1.54) is 4.90 Å². The molecular weight excluding hydrogens is 296 g/mol. The highest BCUT2D eigenvalue weighted by Crippen LogP contribution is 2.37. The van der Waals surface area contributed by atoms with E-state index in [2.05, 4.69) is 12.2 Å². The summed E-state index contributed by atoms with van der Waals surface area (Å²) in [6.45, 7) is 2.17. The maximum absolute atomic E-state index is 12.7. The number of hydrogen-bond donors (Lipinski definition) is 1. The molecule has 2 aliphatic rings. The number of hydrogen-bond acceptors (Lipinski definition) is 4. The van der Waals surface area contributed by atoms with E-state index in [1.54, 1.807) is 7.05 Å². The van der Waals surface area contributed by atoms with Gasteiger partial charge in [0.1, 0.15) is 12.1 Å². The molecule has 1 saturated heterocycles. The first-order chi connectivity index (χ1) is 10.9. The second kappa shape index (κ2) is 6.99. The third kappa shape index (κ3) is 3.46. The fourth-order valence-corrected chi connectivity index (χ4v) is 3.34. The Kier molecular flexibility index (Phi) is 5.24. The summed E-state index contributed by atoms with van der Waals surface area (Å²) in [5, 5.41) is 11.4. The lowest BCUT2D eigenvalue weighted by molar-refractivity contribution is -0.139. The molecule has 2 rings (SSSR count). The smallest absolute Gasteiger partial charge is 0.325 e. The van der Waals surface area contributed by atoms with Crippen molar-refractivity contribution < 1.29 is 14.4 Å². The third-order valence-corrected chi connectivity index (χ3v) is 5.06. The second-order valence-corrected chi connectivity index (χ2v) is 6.48. The van der Waals surface area contributed by atoms with Crippen molar-refractivity contribution in [2.75, 3.05) is 20.1 Å². The summed E-state index contributed by atoms with van der Waals surface area (Å²) in [7, 11) is 1.57. The van der Waals surface area contributed by atoms with Crippen molar-refractivity contribution in [3.05, 3.63) is 0 Å². The normalized spacial score (nSPS) is 27.0. The lowest BCUT2D eigenvalue weighted by Gasteiger charge is -2.34. The Balaban J connectivity index is 1.99. The van der Waals surface area contributed by atoms with E-state index < -0.39 is 11.6 Å².